The molecule has 4 nitrogen and oxygen atoms in total. The number of aromatic carboxylic acids is 1. The Bertz CT molecular complexity index is 613. The topological polar surface area (TPSA) is 59.4 Å². The molecule has 98 valence electrons. The molecule has 2 rings (SSSR count). The average molecular weight is 261 g/mol. The number of carboxylic acid groups (broad SMARTS) is 1. The number of aromatic nitrogens is 1. The van der Waals surface area contributed by atoms with Gasteiger partial charge in [0.2, 0.25) is 0 Å². The van der Waals surface area contributed by atoms with Gasteiger partial charge in [-0.2, -0.15) is 0 Å². The third-order valence-corrected chi connectivity index (χ3v) is 2.56. The van der Waals surface area contributed by atoms with E-state index >= 15 is 0 Å². The maximum atomic E-state index is 14.1. The van der Waals surface area contributed by atoms with Gasteiger partial charge in [0.05, 0.1) is 18.4 Å². The summed E-state index contributed by atoms with van der Waals surface area (Å²) in [6.45, 7) is 2.31. The number of rotatable bonds is 4. The second-order valence-corrected chi connectivity index (χ2v) is 3.81. The van der Waals surface area contributed by atoms with Gasteiger partial charge < -0.3 is 9.84 Å². The third kappa shape index (κ3) is 2.70. The van der Waals surface area contributed by atoms with Gasteiger partial charge >= 0.3 is 5.97 Å². The molecule has 0 amide bonds. The lowest BCUT2D eigenvalue weighted by molar-refractivity contribution is 0.0692. The zero-order valence-corrected chi connectivity index (χ0v) is 10.3. The Morgan fingerprint density at radius 2 is 2.21 bits per heavy atom. The predicted octanol–water partition coefficient (Wildman–Crippen LogP) is 2.98. The average Bonchev–Trinajstić information content (AvgIpc) is 2.39. The lowest BCUT2D eigenvalue weighted by atomic mass is 10.0. The molecule has 0 atom stereocenters. The smallest absolute Gasteiger partial charge is 0.338 e. The fourth-order valence-corrected chi connectivity index (χ4v) is 1.73. The van der Waals surface area contributed by atoms with Gasteiger partial charge in [-0.15, -0.1) is 0 Å². The quantitative estimate of drug-likeness (QED) is 0.919. The Balaban J connectivity index is 2.50. The van der Waals surface area contributed by atoms with Crippen molar-refractivity contribution in [3.05, 3.63) is 48.0 Å². The normalized spacial score (nSPS) is 10.2. The van der Waals surface area contributed by atoms with Crippen molar-refractivity contribution in [2.24, 2.45) is 0 Å². The fraction of sp³-hybridized carbons (Fsp3) is 0.143. The standard InChI is InChI=1S/C14H12FNO3/c1-2-19-10-6-9(7-16-8-10)11-4-3-5-12(13(11)15)14(17)18/h3-8H,2H2,1H3,(H,17,18). The van der Waals surface area contributed by atoms with Crippen molar-refractivity contribution in [1.82, 2.24) is 4.98 Å². The summed E-state index contributed by atoms with van der Waals surface area (Å²) in [6.07, 6.45) is 2.98. The maximum absolute atomic E-state index is 14.1. The van der Waals surface area contributed by atoms with Crippen LogP contribution in [0.1, 0.15) is 17.3 Å². The van der Waals surface area contributed by atoms with Gasteiger partial charge in [-0.05, 0) is 19.1 Å². The van der Waals surface area contributed by atoms with Gasteiger partial charge in [-0.1, -0.05) is 12.1 Å². The van der Waals surface area contributed by atoms with Crippen LogP contribution in [0.3, 0.4) is 0 Å². The first-order valence-electron chi connectivity index (χ1n) is 5.73. The number of hydrogen-bond acceptors (Lipinski definition) is 3. The van der Waals surface area contributed by atoms with Crippen LogP contribution < -0.4 is 4.74 Å². The first-order chi connectivity index (χ1) is 9.13. The van der Waals surface area contributed by atoms with Crippen LogP contribution in [0.5, 0.6) is 5.75 Å². The molecule has 0 aliphatic heterocycles. The van der Waals surface area contributed by atoms with Crippen molar-refractivity contribution >= 4 is 5.97 Å². The van der Waals surface area contributed by atoms with E-state index in [9.17, 15) is 9.18 Å². The third-order valence-electron chi connectivity index (χ3n) is 2.56. The summed E-state index contributed by atoms with van der Waals surface area (Å²) in [5, 5.41) is 8.90. The highest BCUT2D eigenvalue weighted by Crippen LogP contribution is 2.27. The number of hydrogen-bond donors (Lipinski definition) is 1. The first kappa shape index (κ1) is 13.0. The summed E-state index contributed by atoms with van der Waals surface area (Å²) in [6, 6.07) is 5.85. The molecule has 19 heavy (non-hydrogen) atoms. The highest BCUT2D eigenvalue weighted by molar-refractivity contribution is 5.90. The van der Waals surface area contributed by atoms with E-state index in [-0.39, 0.29) is 11.1 Å². The second kappa shape index (κ2) is 5.48. The summed E-state index contributed by atoms with van der Waals surface area (Å²) < 4.78 is 19.4. The summed E-state index contributed by atoms with van der Waals surface area (Å²) in [4.78, 5) is 14.9. The molecular formula is C14H12FNO3. The summed E-state index contributed by atoms with van der Waals surface area (Å²) in [5.74, 6) is -1.56. The molecule has 0 aliphatic rings. The number of carbonyl (C=O) groups is 1. The predicted molar refractivity (Wildman–Crippen MR) is 67.8 cm³/mol. The molecule has 0 aliphatic carbocycles. The van der Waals surface area contributed by atoms with E-state index in [1.54, 1.807) is 6.07 Å². The molecule has 0 unspecified atom stereocenters. The van der Waals surface area contributed by atoms with Crippen molar-refractivity contribution in [3.8, 4) is 16.9 Å². The van der Waals surface area contributed by atoms with Crippen molar-refractivity contribution in [2.75, 3.05) is 6.61 Å². The summed E-state index contributed by atoms with van der Waals surface area (Å²) in [7, 11) is 0. The Morgan fingerprint density at radius 1 is 1.42 bits per heavy atom. The van der Waals surface area contributed by atoms with Gasteiger partial charge in [0.25, 0.3) is 0 Å². The molecule has 0 saturated heterocycles. The van der Waals surface area contributed by atoms with Crippen molar-refractivity contribution in [3.63, 3.8) is 0 Å². The van der Waals surface area contributed by atoms with Gasteiger partial charge in [0, 0.05) is 17.3 Å². The van der Waals surface area contributed by atoms with Crippen LogP contribution in [0.2, 0.25) is 0 Å². The van der Waals surface area contributed by atoms with E-state index < -0.39 is 11.8 Å². The molecule has 1 heterocycles. The molecule has 1 aromatic heterocycles. The number of nitrogens with zero attached hydrogens (tertiary/aromatic N) is 1. The Kier molecular flexibility index (Phi) is 3.75. The van der Waals surface area contributed by atoms with E-state index in [1.165, 1.54) is 30.6 Å². The number of benzene rings is 1. The molecule has 1 aromatic carbocycles. The van der Waals surface area contributed by atoms with Crippen molar-refractivity contribution < 1.29 is 19.0 Å². The fourth-order valence-electron chi connectivity index (χ4n) is 1.73. The largest absolute Gasteiger partial charge is 0.492 e. The van der Waals surface area contributed by atoms with Crippen LogP contribution in [-0.2, 0) is 0 Å². The molecule has 0 spiro atoms. The van der Waals surface area contributed by atoms with Crippen LogP contribution in [0.25, 0.3) is 11.1 Å². The van der Waals surface area contributed by atoms with E-state index in [0.29, 0.717) is 17.9 Å². The lowest BCUT2D eigenvalue weighted by Gasteiger charge is -2.08. The number of halogens is 1. The highest BCUT2D eigenvalue weighted by Gasteiger charge is 2.15. The molecule has 0 radical (unpaired) electrons. The Labute approximate surface area is 109 Å². The van der Waals surface area contributed by atoms with Crippen LogP contribution in [0.4, 0.5) is 4.39 Å². The number of pyridine rings is 1. The zero-order valence-electron chi connectivity index (χ0n) is 10.3. The molecule has 1 N–H and O–H groups in total. The Hall–Kier alpha value is -2.43. The second-order valence-electron chi connectivity index (χ2n) is 3.81. The van der Waals surface area contributed by atoms with Crippen molar-refractivity contribution in [2.45, 2.75) is 6.92 Å². The highest BCUT2D eigenvalue weighted by atomic mass is 19.1. The van der Waals surface area contributed by atoms with Gasteiger partial charge in [-0.25, -0.2) is 9.18 Å². The maximum Gasteiger partial charge on any atom is 0.338 e. The van der Waals surface area contributed by atoms with Gasteiger partial charge in [0.1, 0.15) is 11.6 Å². The first-order valence-corrected chi connectivity index (χ1v) is 5.73. The SMILES string of the molecule is CCOc1cncc(-c2cccc(C(=O)O)c2F)c1. The minimum Gasteiger partial charge on any atom is -0.492 e. The molecule has 0 saturated carbocycles. The minimum absolute atomic E-state index is 0.189. The van der Waals surface area contributed by atoms with Crippen LogP contribution in [0, 0.1) is 5.82 Å². The molecular weight excluding hydrogens is 249 g/mol. The van der Waals surface area contributed by atoms with E-state index in [0.717, 1.165) is 0 Å². The summed E-state index contributed by atoms with van der Waals surface area (Å²) >= 11 is 0. The zero-order chi connectivity index (χ0) is 13.8. The molecule has 5 heteroatoms. The summed E-state index contributed by atoms with van der Waals surface area (Å²) in [5.41, 5.74) is 0.305. The number of ether oxygens (including phenoxy) is 1. The minimum atomic E-state index is -1.30. The van der Waals surface area contributed by atoms with Crippen molar-refractivity contribution in [1.29, 1.82) is 0 Å². The van der Waals surface area contributed by atoms with Gasteiger partial charge in [-0.3, -0.25) is 4.98 Å². The van der Waals surface area contributed by atoms with Crippen LogP contribution >= 0.6 is 0 Å². The lowest BCUT2D eigenvalue weighted by Crippen LogP contribution is -2.02. The van der Waals surface area contributed by atoms with E-state index in [4.69, 9.17) is 9.84 Å². The number of carboxylic acids is 1. The van der Waals surface area contributed by atoms with E-state index in [1.807, 2.05) is 6.92 Å². The van der Waals surface area contributed by atoms with Gasteiger partial charge in [0.15, 0.2) is 0 Å². The van der Waals surface area contributed by atoms with Crippen LogP contribution in [-0.4, -0.2) is 22.7 Å². The van der Waals surface area contributed by atoms with E-state index in [2.05, 4.69) is 4.98 Å². The molecule has 0 fully saturated rings. The monoisotopic (exact) mass is 261 g/mol. The molecule has 0 bridgehead atoms. The molecule has 2 aromatic rings. The van der Waals surface area contributed by atoms with Crippen LogP contribution in [0.15, 0.2) is 36.7 Å². The Morgan fingerprint density at radius 3 is 2.89 bits per heavy atom.